The van der Waals surface area contributed by atoms with Crippen molar-refractivity contribution in [2.24, 2.45) is 5.92 Å². The highest BCUT2D eigenvalue weighted by molar-refractivity contribution is 6.02. The Morgan fingerprint density at radius 2 is 1.85 bits per heavy atom. The lowest BCUT2D eigenvalue weighted by molar-refractivity contribution is -0.118. The monoisotopic (exact) mass is 372 g/mol. The number of amides is 2. The maximum Gasteiger partial charge on any atom is 0.255 e. The highest BCUT2D eigenvalue weighted by atomic mass is 16.5. The third kappa shape index (κ3) is 5.09. The van der Waals surface area contributed by atoms with Gasteiger partial charge in [0.2, 0.25) is 5.91 Å². The number of ether oxygens (including phenoxy) is 1. The van der Waals surface area contributed by atoms with Crippen molar-refractivity contribution in [1.29, 1.82) is 0 Å². The number of carbonyl (C=O) groups excluding carboxylic acids is 2. The van der Waals surface area contributed by atoms with Crippen LogP contribution in [0.1, 0.15) is 51.0 Å². The van der Waals surface area contributed by atoms with Gasteiger partial charge in [-0.25, -0.2) is 4.68 Å². The summed E-state index contributed by atoms with van der Waals surface area (Å²) in [6, 6.07) is 8.16. The molecule has 0 saturated carbocycles. The number of aromatic nitrogens is 2. The molecule has 0 spiro atoms. The molecule has 1 aromatic carbocycles. The van der Waals surface area contributed by atoms with E-state index in [-0.39, 0.29) is 23.8 Å². The Hall–Kier alpha value is -2.83. The number of para-hydroxylation sites is 1. The van der Waals surface area contributed by atoms with Gasteiger partial charge >= 0.3 is 0 Å². The van der Waals surface area contributed by atoms with Gasteiger partial charge in [-0.3, -0.25) is 9.59 Å². The molecular weight excluding hydrogens is 344 g/mol. The van der Waals surface area contributed by atoms with Crippen LogP contribution in [0.5, 0.6) is 5.75 Å². The van der Waals surface area contributed by atoms with Crippen LogP contribution < -0.4 is 15.4 Å². The van der Waals surface area contributed by atoms with E-state index in [2.05, 4.69) is 15.7 Å². The fraction of sp³-hybridized carbons (Fsp3) is 0.450. The van der Waals surface area contributed by atoms with Crippen molar-refractivity contribution in [2.75, 3.05) is 11.9 Å². The van der Waals surface area contributed by atoms with Crippen LogP contribution >= 0.6 is 0 Å². The highest BCUT2D eigenvalue weighted by Gasteiger charge is 2.26. The largest absolute Gasteiger partial charge is 0.493 e. The lowest BCUT2D eigenvalue weighted by Crippen LogP contribution is -2.47. The number of benzene rings is 1. The standard InChI is InChI=1S/C20H28N4O3/c1-6-27-16-10-8-7-9-15(16)19(25)23-18(13(2)3)20(26)22-17-11-12-21-24(17)14(4)5/h7-14,18H,6H2,1-5H3,(H,22,26)(H,23,25)/t18-/m1/s1. The van der Waals surface area contributed by atoms with Gasteiger partial charge in [-0.05, 0) is 38.8 Å². The zero-order valence-corrected chi connectivity index (χ0v) is 16.5. The molecule has 1 aromatic heterocycles. The first-order chi connectivity index (χ1) is 12.8. The van der Waals surface area contributed by atoms with Crippen LogP contribution in [0.2, 0.25) is 0 Å². The summed E-state index contributed by atoms with van der Waals surface area (Å²) in [6.45, 7) is 10.1. The Labute approximate surface area is 160 Å². The van der Waals surface area contributed by atoms with E-state index >= 15 is 0 Å². The Balaban J connectivity index is 2.16. The molecule has 1 atom stereocenters. The summed E-state index contributed by atoms with van der Waals surface area (Å²) in [5.74, 6) is 0.381. The average molecular weight is 372 g/mol. The van der Waals surface area contributed by atoms with Crippen molar-refractivity contribution in [3.63, 3.8) is 0 Å². The van der Waals surface area contributed by atoms with E-state index in [0.29, 0.717) is 23.7 Å². The fourth-order valence-corrected chi connectivity index (χ4v) is 2.72. The Morgan fingerprint density at radius 1 is 1.15 bits per heavy atom. The van der Waals surface area contributed by atoms with Crippen LogP contribution in [0.4, 0.5) is 5.82 Å². The second kappa shape index (κ2) is 9.21. The van der Waals surface area contributed by atoms with Crippen molar-refractivity contribution in [3.05, 3.63) is 42.1 Å². The zero-order chi connectivity index (χ0) is 20.0. The number of nitrogens with one attached hydrogen (secondary N) is 2. The molecule has 2 amide bonds. The number of carbonyl (C=O) groups is 2. The van der Waals surface area contributed by atoms with Crippen molar-refractivity contribution < 1.29 is 14.3 Å². The summed E-state index contributed by atoms with van der Waals surface area (Å²) in [5, 5.41) is 9.91. The summed E-state index contributed by atoms with van der Waals surface area (Å²) in [5.41, 5.74) is 0.407. The van der Waals surface area contributed by atoms with E-state index < -0.39 is 6.04 Å². The Morgan fingerprint density at radius 3 is 2.48 bits per heavy atom. The van der Waals surface area contributed by atoms with Crippen LogP contribution in [0.15, 0.2) is 36.5 Å². The first-order valence-electron chi connectivity index (χ1n) is 9.22. The normalized spacial score (nSPS) is 12.1. The number of anilines is 1. The zero-order valence-electron chi connectivity index (χ0n) is 16.5. The smallest absolute Gasteiger partial charge is 0.255 e. The van der Waals surface area contributed by atoms with Gasteiger partial charge in [-0.2, -0.15) is 5.10 Å². The third-order valence-corrected chi connectivity index (χ3v) is 4.08. The van der Waals surface area contributed by atoms with Crippen LogP contribution in [-0.4, -0.2) is 34.2 Å². The molecule has 7 nitrogen and oxygen atoms in total. The molecule has 1 heterocycles. The Kier molecular flexibility index (Phi) is 6.98. The minimum absolute atomic E-state index is 0.0939. The minimum atomic E-state index is -0.692. The van der Waals surface area contributed by atoms with Gasteiger partial charge in [-0.1, -0.05) is 26.0 Å². The van der Waals surface area contributed by atoms with Gasteiger partial charge in [0.15, 0.2) is 0 Å². The van der Waals surface area contributed by atoms with Crippen molar-refractivity contribution in [1.82, 2.24) is 15.1 Å². The fourth-order valence-electron chi connectivity index (χ4n) is 2.72. The molecule has 0 saturated heterocycles. The molecule has 27 heavy (non-hydrogen) atoms. The van der Waals surface area contributed by atoms with Crippen LogP contribution in [0, 0.1) is 5.92 Å². The van der Waals surface area contributed by atoms with Crippen LogP contribution in [-0.2, 0) is 4.79 Å². The van der Waals surface area contributed by atoms with E-state index in [1.54, 1.807) is 35.1 Å². The second-order valence-corrected chi connectivity index (χ2v) is 6.87. The molecule has 0 fully saturated rings. The van der Waals surface area contributed by atoms with E-state index in [4.69, 9.17) is 4.74 Å². The van der Waals surface area contributed by atoms with Crippen molar-refractivity contribution in [3.8, 4) is 5.75 Å². The molecule has 0 aliphatic rings. The van der Waals surface area contributed by atoms with Crippen molar-refractivity contribution >= 4 is 17.6 Å². The van der Waals surface area contributed by atoms with Crippen LogP contribution in [0.25, 0.3) is 0 Å². The number of hydrogen-bond acceptors (Lipinski definition) is 4. The van der Waals surface area contributed by atoms with Gasteiger partial charge in [0.05, 0.1) is 18.4 Å². The maximum absolute atomic E-state index is 12.8. The predicted molar refractivity (Wildman–Crippen MR) is 105 cm³/mol. The first-order valence-corrected chi connectivity index (χ1v) is 9.22. The molecule has 0 radical (unpaired) electrons. The number of hydrogen-bond donors (Lipinski definition) is 2. The summed E-state index contributed by atoms with van der Waals surface area (Å²) in [7, 11) is 0. The molecule has 0 aliphatic carbocycles. The second-order valence-electron chi connectivity index (χ2n) is 6.87. The first kappa shape index (κ1) is 20.5. The van der Waals surface area contributed by atoms with Crippen LogP contribution in [0.3, 0.4) is 0 Å². The quantitative estimate of drug-likeness (QED) is 0.745. The number of nitrogens with zero attached hydrogens (tertiary/aromatic N) is 2. The molecular formula is C20H28N4O3. The maximum atomic E-state index is 12.8. The highest BCUT2D eigenvalue weighted by Crippen LogP contribution is 2.19. The predicted octanol–water partition coefficient (Wildman–Crippen LogP) is 3.26. The average Bonchev–Trinajstić information content (AvgIpc) is 3.08. The lowest BCUT2D eigenvalue weighted by atomic mass is 10.0. The molecule has 0 aliphatic heterocycles. The molecule has 2 N–H and O–H groups in total. The molecule has 2 rings (SSSR count). The van der Waals surface area contributed by atoms with E-state index in [1.807, 2.05) is 40.7 Å². The molecule has 0 unspecified atom stereocenters. The number of rotatable bonds is 8. The van der Waals surface area contributed by atoms with Gasteiger partial charge in [-0.15, -0.1) is 0 Å². The lowest BCUT2D eigenvalue weighted by Gasteiger charge is -2.23. The topological polar surface area (TPSA) is 85.2 Å². The molecule has 0 bridgehead atoms. The molecule has 7 heteroatoms. The van der Waals surface area contributed by atoms with Gasteiger partial charge in [0.1, 0.15) is 17.6 Å². The molecule has 146 valence electrons. The summed E-state index contributed by atoms with van der Waals surface area (Å²) in [6.07, 6.45) is 1.64. The summed E-state index contributed by atoms with van der Waals surface area (Å²) < 4.78 is 7.24. The van der Waals surface area contributed by atoms with E-state index in [9.17, 15) is 9.59 Å². The van der Waals surface area contributed by atoms with Gasteiger partial charge in [0.25, 0.3) is 5.91 Å². The van der Waals surface area contributed by atoms with E-state index in [1.165, 1.54) is 0 Å². The minimum Gasteiger partial charge on any atom is -0.493 e. The third-order valence-electron chi connectivity index (χ3n) is 4.08. The SMILES string of the molecule is CCOc1ccccc1C(=O)N[C@@H](C(=O)Nc1ccnn1C(C)C)C(C)C. The van der Waals surface area contributed by atoms with Gasteiger partial charge in [0, 0.05) is 12.1 Å². The van der Waals surface area contributed by atoms with E-state index in [0.717, 1.165) is 0 Å². The Bertz CT molecular complexity index is 783. The van der Waals surface area contributed by atoms with Gasteiger partial charge < -0.3 is 15.4 Å². The summed E-state index contributed by atoms with van der Waals surface area (Å²) in [4.78, 5) is 25.6. The van der Waals surface area contributed by atoms with Crippen molar-refractivity contribution in [2.45, 2.75) is 46.7 Å². The molecule has 2 aromatic rings. The summed E-state index contributed by atoms with van der Waals surface area (Å²) >= 11 is 0.